The van der Waals surface area contributed by atoms with Crippen LogP contribution >= 0.6 is 0 Å². The van der Waals surface area contributed by atoms with Gasteiger partial charge < -0.3 is 15.7 Å². The number of aromatic nitrogens is 1. The second-order valence-electron chi connectivity index (χ2n) is 5.18. The van der Waals surface area contributed by atoms with Gasteiger partial charge in [0.2, 0.25) is 5.91 Å². The molecule has 6 nitrogen and oxygen atoms in total. The fourth-order valence-electron chi connectivity index (χ4n) is 2.66. The standard InChI is InChI=1S/C15H15N3O3/c16-14(20)13-6-11(19)8-18(13)15(21)10-5-9-3-1-2-4-12(9)17-7-10/h1-5,7,11,13,19H,6,8H2,(H2,16,20)/t11-,13+/m0/s1. The van der Waals surface area contributed by atoms with Crippen molar-refractivity contribution in [3.63, 3.8) is 0 Å². The lowest BCUT2D eigenvalue weighted by Crippen LogP contribution is -2.43. The summed E-state index contributed by atoms with van der Waals surface area (Å²) in [5.74, 6) is -0.942. The molecule has 1 aromatic carbocycles. The van der Waals surface area contributed by atoms with Crippen molar-refractivity contribution in [1.29, 1.82) is 0 Å². The molecular formula is C15H15N3O3. The molecule has 0 spiro atoms. The van der Waals surface area contributed by atoms with Crippen molar-refractivity contribution in [1.82, 2.24) is 9.88 Å². The van der Waals surface area contributed by atoms with Gasteiger partial charge in [0.05, 0.1) is 17.2 Å². The third-order valence-corrected chi connectivity index (χ3v) is 3.71. The highest BCUT2D eigenvalue weighted by Gasteiger charge is 2.38. The number of amides is 2. The third-order valence-electron chi connectivity index (χ3n) is 3.71. The van der Waals surface area contributed by atoms with Gasteiger partial charge in [-0.05, 0) is 12.1 Å². The van der Waals surface area contributed by atoms with Gasteiger partial charge in [0.1, 0.15) is 6.04 Å². The summed E-state index contributed by atoms with van der Waals surface area (Å²) >= 11 is 0. The first-order valence-electron chi connectivity index (χ1n) is 6.69. The lowest BCUT2D eigenvalue weighted by Gasteiger charge is -2.21. The van der Waals surface area contributed by atoms with Crippen molar-refractivity contribution in [3.05, 3.63) is 42.1 Å². The number of β-amino-alcohol motifs (C(OH)–C–C–N with tert-alkyl or cyclic N) is 1. The van der Waals surface area contributed by atoms with Crippen LogP contribution < -0.4 is 5.73 Å². The van der Waals surface area contributed by atoms with E-state index in [1.54, 1.807) is 6.07 Å². The number of nitrogens with two attached hydrogens (primary N) is 1. The van der Waals surface area contributed by atoms with E-state index in [9.17, 15) is 14.7 Å². The monoisotopic (exact) mass is 285 g/mol. The van der Waals surface area contributed by atoms with E-state index in [4.69, 9.17) is 5.73 Å². The van der Waals surface area contributed by atoms with E-state index in [0.717, 1.165) is 10.9 Å². The number of fused-ring (bicyclic) bond motifs is 1. The van der Waals surface area contributed by atoms with Crippen LogP contribution in [-0.4, -0.2) is 45.5 Å². The molecule has 21 heavy (non-hydrogen) atoms. The van der Waals surface area contributed by atoms with Gasteiger partial charge in [-0.2, -0.15) is 0 Å². The molecule has 0 aliphatic carbocycles. The Morgan fingerprint density at radius 1 is 1.33 bits per heavy atom. The zero-order valence-corrected chi connectivity index (χ0v) is 11.3. The lowest BCUT2D eigenvalue weighted by molar-refractivity contribution is -0.121. The highest BCUT2D eigenvalue weighted by atomic mass is 16.3. The normalized spacial score (nSPS) is 21.7. The number of likely N-dealkylation sites (tertiary alicyclic amines) is 1. The van der Waals surface area contributed by atoms with Gasteiger partial charge >= 0.3 is 0 Å². The Labute approximate surface area is 121 Å². The van der Waals surface area contributed by atoms with Crippen LogP contribution in [0.5, 0.6) is 0 Å². The van der Waals surface area contributed by atoms with Crippen LogP contribution in [0.3, 0.4) is 0 Å². The molecule has 1 aromatic heterocycles. The largest absolute Gasteiger partial charge is 0.391 e. The molecule has 2 amide bonds. The number of carbonyl (C=O) groups is 2. The van der Waals surface area contributed by atoms with Crippen molar-refractivity contribution in [2.24, 2.45) is 5.73 Å². The molecule has 2 atom stereocenters. The minimum atomic E-state index is -0.765. The number of primary amides is 1. The van der Waals surface area contributed by atoms with Gasteiger partial charge in [0, 0.05) is 24.5 Å². The van der Waals surface area contributed by atoms with Crippen molar-refractivity contribution < 1.29 is 14.7 Å². The Bertz CT molecular complexity index is 716. The number of pyridine rings is 1. The van der Waals surface area contributed by atoms with E-state index in [-0.39, 0.29) is 18.9 Å². The maximum absolute atomic E-state index is 12.5. The molecule has 0 saturated carbocycles. The van der Waals surface area contributed by atoms with E-state index in [2.05, 4.69) is 4.98 Å². The second kappa shape index (κ2) is 5.14. The molecule has 108 valence electrons. The van der Waals surface area contributed by atoms with Crippen LogP contribution in [0.2, 0.25) is 0 Å². The fourth-order valence-corrected chi connectivity index (χ4v) is 2.66. The molecule has 1 saturated heterocycles. The molecule has 1 aliphatic heterocycles. The number of hydrogen-bond donors (Lipinski definition) is 2. The zero-order valence-electron chi connectivity index (χ0n) is 11.3. The van der Waals surface area contributed by atoms with Crippen LogP contribution in [0.1, 0.15) is 16.8 Å². The van der Waals surface area contributed by atoms with Crippen molar-refractivity contribution in [3.8, 4) is 0 Å². The van der Waals surface area contributed by atoms with Crippen molar-refractivity contribution in [2.75, 3.05) is 6.54 Å². The molecule has 6 heteroatoms. The highest BCUT2D eigenvalue weighted by Crippen LogP contribution is 2.21. The lowest BCUT2D eigenvalue weighted by atomic mass is 10.1. The first-order chi connectivity index (χ1) is 10.1. The maximum Gasteiger partial charge on any atom is 0.256 e. The average molecular weight is 285 g/mol. The van der Waals surface area contributed by atoms with Gasteiger partial charge in [-0.15, -0.1) is 0 Å². The molecular weight excluding hydrogens is 270 g/mol. The van der Waals surface area contributed by atoms with Gasteiger partial charge in [0.25, 0.3) is 5.91 Å². The SMILES string of the molecule is NC(=O)[C@H]1C[C@H](O)CN1C(=O)c1cnc2ccccc2c1. The van der Waals surface area contributed by atoms with Crippen LogP contribution in [-0.2, 0) is 4.79 Å². The molecule has 3 rings (SSSR count). The smallest absolute Gasteiger partial charge is 0.256 e. The van der Waals surface area contributed by atoms with Crippen LogP contribution in [0, 0.1) is 0 Å². The quantitative estimate of drug-likeness (QED) is 0.829. The van der Waals surface area contributed by atoms with Gasteiger partial charge in [-0.3, -0.25) is 14.6 Å². The first kappa shape index (κ1) is 13.5. The summed E-state index contributed by atoms with van der Waals surface area (Å²) in [6, 6.07) is 8.42. The Morgan fingerprint density at radius 2 is 2.10 bits per heavy atom. The minimum absolute atomic E-state index is 0.110. The van der Waals surface area contributed by atoms with Crippen LogP contribution in [0.25, 0.3) is 10.9 Å². The topological polar surface area (TPSA) is 96.5 Å². The van der Waals surface area contributed by atoms with Crippen molar-refractivity contribution in [2.45, 2.75) is 18.6 Å². The molecule has 3 N–H and O–H groups in total. The predicted octanol–water partition coefficient (Wildman–Crippen LogP) is 0.296. The number of hydrogen-bond acceptors (Lipinski definition) is 4. The van der Waals surface area contributed by atoms with E-state index in [1.807, 2.05) is 24.3 Å². The summed E-state index contributed by atoms with van der Waals surface area (Å²) < 4.78 is 0. The number of aliphatic hydroxyl groups excluding tert-OH is 1. The van der Waals surface area contributed by atoms with Crippen molar-refractivity contribution >= 4 is 22.7 Å². The van der Waals surface area contributed by atoms with Gasteiger partial charge in [-0.25, -0.2) is 0 Å². The summed E-state index contributed by atoms with van der Waals surface area (Å²) in [4.78, 5) is 29.5. The molecule has 2 heterocycles. The Balaban J connectivity index is 1.94. The average Bonchev–Trinajstić information content (AvgIpc) is 2.88. The number of nitrogens with zero attached hydrogens (tertiary/aromatic N) is 2. The summed E-state index contributed by atoms with van der Waals surface area (Å²) in [5, 5.41) is 10.5. The van der Waals surface area contributed by atoms with Crippen LogP contribution in [0.4, 0.5) is 0 Å². The Kier molecular flexibility index (Phi) is 3.31. The molecule has 1 aliphatic rings. The summed E-state index contributed by atoms with van der Waals surface area (Å²) in [7, 11) is 0. The van der Waals surface area contributed by atoms with Gasteiger partial charge in [0.15, 0.2) is 0 Å². The number of aliphatic hydroxyl groups is 1. The van der Waals surface area contributed by atoms with Crippen LogP contribution in [0.15, 0.2) is 36.5 Å². The fraction of sp³-hybridized carbons (Fsp3) is 0.267. The Morgan fingerprint density at radius 3 is 2.86 bits per heavy atom. The second-order valence-corrected chi connectivity index (χ2v) is 5.18. The number of carbonyl (C=O) groups excluding carboxylic acids is 2. The van der Waals surface area contributed by atoms with E-state index >= 15 is 0 Å². The van der Waals surface area contributed by atoms with E-state index in [1.165, 1.54) is 11.1 Å². The number of para-hydroxylation sites is 1. The van der Waals surface area contributed by atoms with E-state index < -0.39 is 18.1 Å². The summed E-state index contributed by atoms with van der Waals surface area (Å²) in [6.07, 6.45) is 0.940. The molecule has 1 fully saturated rings. The summed E-state index contributed by atoms with van der Waals surface area (Å²) in [6.45, 7) is 0.110. The molecule has 0 radical (unpaired) electrons. The molecule has 0 unspecified atom stereocenters. The Hall–Kier alpha value is -2.47. The first-order valence-corrected chi connectivity index (χ1v) is 6.69. The number of rotatable bonds is 2. The maximum atomic E-state index is 12.5. The molecule has 0 bridgehead atoms. The third kappa shape index (κ3) is 2.45. The minimum Gasteiger partial charge on any atom is -0.391 e. The van der Waals surface area contributed by atoms with E-state index in [0.29, 0.717) is 5.56 Å². The van der Waals surface area contributed by atoms with Gasteiger partial charge in [-0.1, -0.05) is 18.2 Å². The molecule has 2 aromatic rings. The zero-order chi connectivity index (χ0) is 15.0. The predicted molar refractivity (Wildman–Crippen MR) is 76.4 cm³/mol. The highest BCUT2D eigenvalue weighted by molar-refractivity contribution is 5.99. The summed E-state index contributed by atoms with van der Waals surface area (Å²) in [5.41, 5.74) is 6.47. The number of benzene rings is 1.